The number of imidazole rings is 1. The fraction of sp³-hybridized carbons (Fsp3) is 0.381. The first kappa shape index (κ1) is 20.6. The van der Waals surface area contributed by atoms with Gasteiger partial charge in [0, 0.05) is 39.4 Å². The van der Waals surface area contributed by atoms with Gasteiger partial charge < -0.3 is 5.11 Å². The number of thiazole rings is 1. The average molecular weight is 462 g/mol. The van der Waals surface area contributed by atoms with Gasteiger partial charge in [0.05, 0.1) is 12.2 Å². The van der Waals surface area contributed by atoms with Crippen LogP contribution >= 0.6 is 23.1 Å². The number of aromatic nitrogens is 5. The summed E-state index contributed by atoms with van der Waals surface area (Å²) in [5, 5.41) is 15.2. The van der Waals surface area contributed by atoms with E-state index in [1.54, 1.807) is 11.3 Å². The molecule has 0 bridgehead atoms. The van der Waals surface area contributed by atoms with Crippen molar-refractivity contribution in [2.24, 2.45) is 0 Å². The van der Waals surface area contributed by atoms with Crippen LogP contribution in [0.3, 0.4) is 0 Å². The van der Waals surface area contributed by atoms with Gasteiger partial charge in [0.25, 0.3) is 0 Å². The quantitative estimate of drug-likeness (QED) is 0.451. The Kier molecular flexibility index (Phi) is 5.31. The van der Waals surface area contributed by atoms with Gasteiger partial charge in [-0.1, -0.05) is 13.0 Å². The van der Waals surface area contributed by atoms with Crippen molar-refractivity contribution in [2.75, 3.05) is 0 Å². The van der Waals surface area contributed by atoms with E-state index in [0.717, 1.165) is 35.6 Å². The van der Waals surface area contributed by atoms with Crippen LogP contribution in [0.4, 0.5) is 8.78 Å². The van der Waals surface area contributed by atoms with Gasteiger partial charge >= 0.3 is 0 Å². The second-order valence-electron chi connectivity index (χ2n) is 7.81. The smallest absolute Gasteiger partial charge is 0.194 e. The summed E-state index contributed by atoms with van der Waals surface area (Å²) in [4.78, 5) is 11.1. The fourth-order valence-electron chi connectivity index (χ4n) is 4.10. The number of aryl methyl sites for hydroxylation is 2. The Morgan fingerprint density at radius 3 is 2.97 bits per heavy atom. The molecule has 3 heterocycles. The van der Waals surface area contributed by atoms with E-state index in [2.05, 4.69) is 20.7 Å². The molecule has 4 aromatic rings. The van der Waals surface area contributed by atoms with Gasteiger partial charge in [-0.05, 0) is 25.3 Å². The van der Waals surface area contributed by atoms with Crippen LogP contribution in [0.2, 0.25) is 0 Å². The van der Waals surface area contributed by atoms with Crippen LogP contribution in [0.1, 0.15) is 35.2 Å². The number of fused-ring (bicyclic) bond motifs is 3. The van der Waals surface area contributed by atoms with Crippen LogP contribution in [0.25, 0.3) is 4.96 Å². The topological polar surface area (TPSA) is 68.2 Å². The highest BCUT2D eigenvalue weighted by Crippen LogP contribution is 2.38. The third kappa shape index (κ3) is 3.77. The first-order chi connectivity index (χ1) is 14.9. The first-order valence-corrected chi connectivity index (χ1v) is 11.9. The highest BCUT2D eigenvalue weighted by Gasteiger charge is 2.39. The molecule has 0 fully saturated rings. The van der Waals surface area contributed by atoms with Crippen molar-refractivity contribution in [1.82, 2.24) is 24.1 Å². The Labute approximate surface area is 186 Å². The van der Waals surface area contributed by atoms with Crippen LogP contribution in [0.15, 0.2) is 37.1 Å². The monoisotopic (exact) mass is 461 g/mol. The Bertz CT molecular complexity index is 1220. The minimum absolute atomic E-state index is 0.00446. The summed E-state index contributed by atoms with van der Waals surface area (Å²) in [5.74, 6) is -0.907. The molecule has 0 spiro atoms. The van der Waals surface area contributed by atoms with Crippen molar-refractivity contribution in [3.63, 3.8) is 0 Å². The molecule has 5 rings (SSSR count). The summed E-state index contributed by atoms with van der Waals surface area (Å²) in [6, 6.07) is 3.25. The molecular weight excluding hydrogens is 440 g/mol. The summed E-state index contributed by atoms with van der Waals surface area (Å²) >= 11 is 3.21. The number of thioether (sulfide) groups is 1. The van der Waals surface area contributed by atoms with E-state index in [0.29, 0.717) is 5.75 Å². The van der Waals surface area contributed by atoms with Gasteiger partial charge in [-0.25, -0.2) is 23.4 Å². The molecule has 0 saturated heterocycles. The number of halogens is 2. The van der Waals surface area contributed by atoms with Crippen LogP contribution in [0.5, 0.6) is 0 Å². The van der Waals surface area contributed by atoms with E-state index >= 15 is 0 Å². The largest absolute Gasteiger partial charge is 0.382 e. The maximum absolute atomic E-state index is 14.7. The van der Waals surface area contributed by atoms with Gasteiger partial charge in [-0.3, -0.25) is 4.40 Å². The van der Waals surface area contributed by atoms with Crippen LogP contribution < -0.4 is 0 Å². The lowest BCUT2D eigenvalue weighted by atomic mass is 9.90. The molecule has 0 amide bonds. The zero-order valence-corrected chi connectivity index (χ0v) is 18.5. The number of hydrogen-bond donors (Lipinski definition) is 1. The zero-order chi connectivity index (χ0) is 21.6. The van der Waals surface area contributed by atoms with E-state index in [4.69, 9.17) is 4.98 Å². The summed E-state index contributed by atoms with van der Waals surface area (Å²) in [5.41, 5.74) is 0.690. The standard InChI is InChI=1S/C21H21F2N5OS2/c1-13(30-9-15-8-28-18-3-2-4-19(18)31-20(28)26-15)21(29,10-27-12-24-11-25-27)16-6-5-14(22)7-17(16)23/h5-8,11-13,29H,2-4,9-10H2,1H3/t13-,21-/m1/s1. The third-order valence-electron chi connectivity index (χ3n) is 5.79. The zero-order valence-electron chi connectivity index (χ0n) is 16.8. The molecule has 31 heavy (non-hydrogen) atoms. The Hall–Kier alpha value is -2.30. The van der Waals surface area contributed by atoms with Crippen LogP contribution in [-0.2, 0) is 30.7 Å². The lowest BCUT2D eigenvalue weighted by Gasteiger charge is -2.34. The molecule has 3 aromatic heterocycles. The van der Waals surface area contributed by atoms with Crippen molar-refractivity contribution >= 4 is 28.1 Å². The van der Waals surface area contributed by atoms with Crippen molar-refractivity contribution in [2.45, 2.75) is 49.3 Å². The Balaban J connectivity index is 1.40. The van der Waals surface area contributed by atoms with Crippen molar-refractivity contribution in [3.05, 3.63) is 70.5 Å². The van der Waals surface area contributed by atoms with E-state index in [-0.39, 0.29) is 12.1 Å². The molecule has 2 atom stereocenters. The van der Waals surface area contributed by atoms with Crippen molar-refractivity contribution in [1.29, 1.82) is 0 Å². The van der Waals surface area contributed by atoms with Gasteiger partial charge in [0.15, 0.2) is 4.96 Å². The predicted molar refractivity (Wildman–Crippen MR) is 116 cm³/mol. The van der Waals surface area contributed by atoms with E-state index in [1.807, 2.05) is 6.92 Å². The van der Waals surface area contributed by atoms with Gasteiger partial charge in [0.2, 0.25) is 0 Å². The molecule has 1 aromatic carbocycles. The average Bonchev–Trinajstić information content (AvgIpc) is 3.49. The molecule has 1 aliphatic carbocycles. The fourth-order valence-corrected chi connectivity index (χ4v) is 6.35. The summed E-state index contributed by atoms with van der Waals surface area (Å²) in [6.45, 7) is 1.83. The number of hydrogen-bond acceptors (Lipinski definition) is 6. The van der Waals surface area contributed by atoms with Gasteiger partial charge in [0.1, 0.15) is 29.9 Å². The minimum atomic E-state index is -1.62. The molecular formula is C21H21F2N5OS2. The van der Waals surface area contributed by atoms with Crippen LogP contribution in [-0.4, -0.2) is 34.5 Å². The lowest BCUT2D eigenvalue weighted by molar-refractivity contribution is 0.0133. The van der Waals surface area contributed by atoms with E-state index in [9.17, 15) is 13.9 Å². The SMILES string of the molecule is C[C@@H](SCc1cn2c3c(sc2n1)CCC3)[C@](O)(Cn1cncn1)c1ccc(F)cc1F. The van der Waals surface area contributed by atoms with Crippen LogP contribution in [0, 0.1) is 11.6 Å². The number of nitrogens with zero attached hydrogens (tertiary/aromatic N) is 5. The normalized spacial score (nSPS) is 16.5. The summed E-state index contributed by atoms with van der Waals surface area (Å²) in [7, 11) is 0. The Morgan fingerprint density at radius 2 is 2.19 bits per heavy atom. The molecule has 162 valence electrons. The predicted octanol–water partition coefficient (Wildman–Crippen LogP) is 3.96. The van der Waals surface area contributed by atoms with E-state index < -0.39 is 22.5 Å². The molecule has 0 aliphatic heterocycles. The molecule has 0 saturated carbocycles. The van der Waals surface area contributed by atoms with E-state index in [1.165, 1.54) is 52.2 Å². The third-order valence-corrected chi connectivity index (χ3v) is 8.30. The molecule has 10 heteroatoms. The maximum Gasteiger partial charge on any atom is 0.194 e. The maximum atomic E-state index is 14.7. The van der Waals surface area contributed by atoms with Crippen molar-refractivity contribution in [3.8, 4) is 0 Å². The molecule has 1 N–H and O–H groups in total. The number of aliphatic hydroxyl groups is 1. The van der Waals surface area contributed by atoms with Crippen molar-refractivity contribution < 1.29 is 13.9 Å². The summed E-state index contributed by atoms with van der Waals surface area (Å²) < 4.78 is 31.8. The minimum Gasteiger partial charge on any atom is -0.382 e. The molecule has 0 radical (unpaired) electrons. The van der Waals surface area contributed by atoms with Gasteiger partial charge in [-0.15, -0.1) is 23.1 Å². The number of benzene rings is 1. The lowest BCUT2D eigenvalue weighted by Crippen LogP contribution is -2.41. The second-order valence-corrected chi connectivity index (χ2v) is 10.2. The molecule has 6 nitrogen and oxygen atoms in total. The molecule has 1 aliphatic rings. The number of rotatable bonds is 7. The first-order valence-electron chi connectivity index (χ1n) is 10.0. The highest BCUT2D eigenvalue weighted by atomic mass is 32.2. The highest BCUT2D eigenvalue weighted by molar-refractivity contribution is 7.99. The Morgan fingerprint density at radius 1 is 1.32 bits per heavy atom. The van der Waals surface area contributed by atoms with Gasteiger partial charge in [-0.2, -0.15) is 5.10 Å². The second kappa shape index (κ2) is 7.99. The molecule has 0 unspecified atom stereocenters. The summed E-state index contributed by atoms with van der Waals surface area (Å²) in [6.07, 6.45) is 8.28.